The first kappa shape index (κ1) is 22.3. The number of benzene rings is 1. The first-order chi connectivity index (χ1) is 14.8. The smallest absolute Gasteiger partial charge is 0.345 e. The molecule has 2 heterocycles. The lowest BCUT2D eigenvalue weighted by atomic mass is 10.2. The van der Waals surface area contributed by atoms with Crippen LogP contribution in [0.1, 0.15) is 33.9 Å². The van der Waals surface area contributed by atoms with E-state index in [4.69, 9.17) is 5.11 Å². The molecular formula is C21H24N4O5S. The van der Waals surface area contributed by atoms with E-state index < -0.39 is 17.2 Å². The van der Waals surface area contributed by atoms with Gasteiger partial charge >= 0.3 is 11.7 Å². The van der Waals surface area contributed by atoms with E-state index in [1.54, 1.807) is 12.1 Å². The number of aryl methyl sites for hydroxylation is 1. The maximum absolute atomic E-state index is 12.7. The van der Waals surface area contributed by atoms with Crippen LogP contribution >= 0.6 is 11.3 Å². The molecule has 0 fully saturated rings. The third-order valence-electron chi connectivity index (χ3n) is 5.10. The van der Waals surface area contributed by atoms with Crippen molar-refractivity contribution in [3.63, 3.8) is 0 Å². The maximum atomic E-state index is 12.7. The summed E-state index contributed by atoms with van der Waals surface area (Å²) in [4.78, 5) is 51.3. The zero-order valence-corrected chi connectivity index (χ0v) is 18.4. The van der Waals surface area contributed by atoms with Crippen LogP contribution in [0.3, 0.4) is 0 Å². The molecular weight excluding hydrogens is 420 g/mol. The van der Waals surface area contributed by atoms with E-state index in [9.17, 15) is 19.2 Å². The monoisotopic (exact) mass is 444 g/mol. The first-order valence-electron chi connectivity index (χ1n) is 9.88. The molecule has 0 bridgehead atoms. The number of thiophene rings is 1. The van der Waals surface area contributed by atoms with Crippen molar-refractivity contribution in [3.05, 3.63) is 61.6 Å². The molecule has 0 atom stereocenters. The van der Waals surface area contributed by atoms with Gasteiger partial charge in [0.05, 0.1) is 5.39 Å². The van der Waals surface area contributed by atoms with Crippen molar-refractivity contribution in [2.45, 2.75) is 20.4 Å². The van der Waals surface area contributed by atoms with Gasteiger partial charge in [0.1, 0.15) is 9.71 Å². The van der Waals surface area contributed by atoms with Crippen molar-refractivity contribution in [3.8, 4) is 0 Å². The van der Waals surface area contributed by atoms with E-state index in [1.165, 1.54) is 17.7 Å². The normalized spacial score (nSPS) is 10.9. The molecule has 0 aliphatic carbocycles. The lowest BCUT2D eigenvalue weighted by Crippen LogP contribution is -2.41. The molecule has 0 aliphatic rings. The van der Waals surface area contributed by atoms with E-state index in [-0.39, 0.29) is 29.3 Å². The zero-order valence-electron chi connectivity index (χ0n) is 17.5. The van der Waals surface area contributed by atoms with Crippen LogP contribution in [0.5, 0.6) is 0 Å². The number of carbonyl (C=O) groups excluding carboxylic acids is 1. The number of nitrogens with zero attached hydrogens (tertiary/aromatic N) is 3. The minimum atomic E-state index is -1.15. The number of carboxylic acids is 1. The van der Waals surface area contributed by atoms with E-state index in [2.05, 4.69) is 24.1 Å². The molecule has 0 unspecified atom stereocenters. The van der Waals surface area contributed by atoms with Gasteiger partial charge in [0.15, 0.2) is 0 Å². The fourth-order valence-corrected chi connectivity index (χ4v) is 4.33. The zero-order chi connectivity index (χ0) is 22.7. The van der Waals surface area contributed by atoms with Crippen molar-refractivity contribution < 1.29 is 14.7 Å². The SMILES string of the molecule is CCN(CC)c1ccc(C(=O)NCCn2c(=O)c3cc(C(=O)O)sc3n(C)c2=O)cc1. The summed E-state index contributed by atoms with van der Waals surface area (Å²) >= 11 is 0.878. The number of aromatic carboxylic acids is 1. The Labute approximate surface area is 182 Å². The van der Waals surface area contributed by atoms with Crippen LogP contribution < -0.4 is 21.5 Å². The van der Waals surface area contributed by atoms with Gasteiger partial charge in [-0.25, -0.2) is 9.59 Å². The van der Waals surface area contributed by atoms with Crippen LogP contribution in [0.15, 0.2) is 39.9 Å². The second kappa shape index (κ2) is 9.17. The van der Waals surface area contributed by atoms with E-state index in [0.29, 0.717) is 10.4 Å². The summed E-state index contributed by atoms with van der Waals surface area (Å²) in [5, 5.41) is 12.0. The Balaban J connectivity index is 1.74. The Morgan fingerprint density at radius 2 is 1.77 bits per heavy atom. The van der Waals surface area contributed by atoms with Gasteiger partial charge in [0.2, 0.25) is 0 Å². The highest BCUT2D eigenvalue weighted by Crippen LogP contribution is 2.21. The van der Waals surface area contributed by atoms with Crippen molar-refractivity contribution in [1.29, 1.82) is 0 Å². The molecule has 3 aromatic rings. The molecule has 2 N–H and O–H groups in total. The molecule has 0 saturated heterocycles. The molecule has 1 aromatic carbocycles. The minimum absolute atomic E-state index is 0.0127. The third kappa shape index (κ3) is 4.38. The number of carboxylic acid groups (broad SMARTS) is 1. The van der Waals surface area contributed by atoms with Gasteiger partial charge in [-0.3, -0.25) is 18.7 Å². The molecule has 10 heteroatoms. The van der Waals surface area contributed by atoms with Crippen LogP contribution in [0.2, 0.25) is 0 Å². The van der Waals surface area contributed by atoms with E-state index >= 15 is 0 Å². The lowest BCUT2D eigenvalue weighted by molar-refractivity contribution is 0.0702. The summed E-state index contributed by atoms with van der Waals surface area (Å²) in [6.45, 7) is 5.91. The summed E-state index contributed by atoms with van der Waals surface area (Å²) in [5.41, 5.74) is 0.380. The van der Waals surface area contributed by atoms with Gasteiger partial charge in [-0.1, -0.05) is 0 Å². The van der Waals surface area contributed by atoms with E-state index in [0.717, 1.165) is 34.7 Å². The fraction of sp³-hybridized carbons (Fsp3) is 0.333. The van der Waals surface area contributed by atoms with E-state index in [1.807, 2.05) is 12.1 Å². The molecule has 0 spiro atoms. The Hall–Kier alpha value is -3.40. The largest absolute Gasteiger partial charge is 0.477 e. The highest BCUT2D eigenvalue weighted by atomic mass is 32.1. The Bertz CT molecular complexity index is 1240. The summed E-state index contributed by atoms with van der Waals surface area (Å²) in [6, 6.07) is 8.51. The van der Waals surface area contributed by atoms with Crippen molar-refractivity contribution in [2.75, 3.05) is 24.5 Å². The Morgan fingerprint density at radius 1 is 1.13 bits per heavy atom. The van der Waals surface area contributed by atoms with Crippen molar-refractivity contribution >= 4 is 39.1 Å². The van der Waals surface area contributed by atoms with Gasteiger partial charge in [-0.2, -0.15) is 0 Å². The predicted molar refractivity (Wildman–Crippen MR) is 121 cm³/mol. The average Bonchev–Trinajstić information content (AvgIpc) is 3.22. The van der Waals surface area contributed by atoms with Gasteiger partial charge in [0, 0.05) is 44.5 Å². The van der Waals surface area contributed by atoms with Gasteiger partial charge < -0.3 is 15.3 Å². The summed E-state index contributed by atoms with van der Waals surface area (Å²) in [5.74, 6) is -1.46. The quantitative estimate of drug-likeness (QED) is 0.547. The van der Waals surface area contributed by atoms with Gasteiger partial charge in [-0.05, 0) is 44.2 Å². The molecule has 1 amide bonds. The summed E-state index contributed by atoms with van der Waals surface area (Å²) in [7, 11) is 1.48. The van der Waals surface area contributed by atoms with Crippen LogP contribution in [0.4, 0.5) is 5.69 Å². The minimum Gasteiger partial charge on any atom is -0.477 e. The third-order valence-corrected chi connectivity index (χ3v) is 6.30. The molecule has 164 valence electrons. The topological polar surface area (TPSA) is 114 Å². The predicted octanol–water partition coefficient (Wildman–Crippen LogP) is 1.74. The number of rotatable bonds is 8. The fourth-order valence-electron chi connectivity index (χ4n) is 3.38. The number of amides is 1. The molecule has 3 rings (SSSR count). The van der Waals surface area contributed by atoms with Crippen molar-refractivity contribution in [2.24, 2.45) is 7.05 Å². The van der Waals surface area contributed by atoms with Gasteiger partial charge in [0.25, 0.3) is 11.5 Å². The first-order valence-corrected chi connectivity index (χ1v) is 10.7. The van der Waals surface area contributed by atoms with Crippen LogP contribution in [-0.4, -0.2) is 45.8 Å². The number of nitrogens with one attached hydrogen (secondary N) is 1. The molecule has 9 nitrogen and oxygen atoms in total. The number of hydrogen-bond acceptors (Lipinski definition) is 6. The molecule has 0 radical (unpaired) electrons. The molecule has 0 aliphatic heterocycles. The second-order valence-electron chi connectivity index (χ2n) is 6.91. The average molecular weight is 445 g/mol. The Morgan fingerprint density at radius 3 is 2.35 bits per heavy atom. The summed E-state index contributed by atoms with van der Waals surface area (Å²) < 4.78 is 2.26. The number of fused-ring (bicyclic) bond motifs is 1. The summed E-state index contributed by atoms with van der Waals surface area (Å²) in [6.07, 6.45) is 0. The van der Waals surface area contributed by atoms with Crippen LogP contribution in [-0.2, 0) is 13.6 Å². The number of aromatic nitrogens is 2. The highest BCUT2D eigenvalue weighted by molar-refractivity contribution is 7.20. The number of hydrogen-bond donors (Lipinski definition) is 2. The van der Waals surface area contributed by atoms with Crippen LogP contribution in [0.25, 0.3) is 10.2 Å². The second-order valence-corrected chi connectivity index (χ2v) is 7.94. The number of anilines is 1. The molecule has 31 heavy (non-hydrogen) atoms. The number of carbonyl (C=O) groups is 2. The molecule has 0 saturated carbocycles. The maximum Gasteiger partial charge on any atom is 0.345 e. The Kier molecular flexibility index (Phi) is 6.59. The van der Waals surface area contributed by atoms with Gasteiger partial charge in [-0.15, -0.1) is 11.3 Å². The van der Waals surface area contributed by atoms with Crippen molar-refractivity contribution in [1.82, 2.24) is 14.5 Å². The molecule has 2 aromatic heterocycles. The highest BCUT2D eigenvalue weighted by Gasteiger charge is 2.17. The van der Waals surface area contributed by atoms with Crippen LogP contribution in [0, 0.1) is 0 Å². The lowest BCUT2D eigenvalue weighted by Gasteiger charge is -2.21. The standard InChI is InChI=1S/C21H24N4O5S/c1-4-24(5-2)14-8-6-13(7-9-14)17(26)22-10-11-25-18(27)15-12-16(20(28)29)31-19(15)23(3)21(25)30/h6-9,12H,4-5,10-11H2,1-3H3,(H,22,26)(H,28,29).